The summed E-state index contributed by atoms with van der Waals surface area (Å²) >= 11 is 5.85. The first-order valence-corrected chi connectivity index (χ1v) is 10.1. The van der Waals surface area contributed by atoms with E-state index in [0.717, 1.165) is 17.7 Å². The van der Waals surface area contributed by atoms with Crippen LogP contribution in [0.15, 0.2) is 72.8 Å². The topological polar surface area (TPSA) is 67.4 Å². The van der Waals surface area contributed by atoms with Crippen LogP contribution in [0.5, 0.6) is 5.75 Å². The average molecular weight is 423 g/mol. The number of rotatable bonds is 7. The Morgan fingerprint density at radius 1 is 0.933 bits per heavy atom. The van der Waals surface area contributed by atoms with Crippen LogP contribution in [0.2, 0.25) is 5.02 Å². The molecule has 0 saturated carbocycles. The van der Waals surface area contributed by atoms with E-state index in [1.807, 2.05) is 31.2 Å². The van der Waals surface area contributed by atoms with E-state index in [9.17, 15) is 9.59 Å². The maximum atomic E-state index is 12.5. The van der Waals surface area contributed by atoms with Crippen LogP contribution in [0.1, 0.15) is 29.8 Å². The monoisotopic (exact) mass is 422 g/mol. The highest BCUT2D eigenvalue weighted by atomic mass is 35.5. The molecule has 0 bridgehead atoms. The van der Waals surface area contributed by atoms with Gasteiger partial charge in [-0.15, -0.1) is 0 Å². The minimum atomic E-state index is -0.711. The molecule has 0 aliphatic heterocycles. The zero-order valence-electron chi connectivity index (χ0n) is 16.8. The molecule has 154 valence electrons. The Morgan fingerprint density at radius 2 is 1.60 bits per heavy atom. The summed E-state index contributed by atoms with van der Waals surface area (Å²) in [6.45, 7) is 3.70. The quantitative estimate of drug-likeness (QED) is 0.523. The molecule has 0 heterocycles. The maximum Gasteiger partial charge on any atom is 0.265 e. The fourth-order valence-electron chi connectivity index (χ4n) is 2.86. The first-order chi connectivity index (χ1) is 14.5. The third-order valence-electron chi connectivity index (χ3n) is 4.56. The molecule has 5 nitrogen and oxygen atoms in total. The summed E-state index contributed by atoms with van der Waals surface area (Å²) in [6.07, 6.45) is 0.121. The van der Waals surface area contributed by atoms with Crippen LogP contribution >= 0.6 is 11.6 Å². The second-order valence-electron chi connectivity index (χ2n) is 6.75. The van der Waals surface area contributed by atoms with Crippen LogP contribution in [0.4, 0.5) is 11.4 Å². The molecule has 3 aromatic rings. The number of benzene rings is 3. The van der Waals surface area contributed by atoms with Crippen LogP contribution in [-0.4, -0.2) is 17.9 Å². The summed E-state index contributed by atoms with van der Waals surface area (Å²) in [6, 6.07) is 21.2. The first-order valence-electron chi connectivity index (χ1n) is 9.68. The average Bonchev–Trinajstić information content (AvgIpc) is 2.76. The molecule has 0 aliphatic rings. The molecule has 0 radical (unpaired) electrons. The molecule has 3 aromatic carbocycles. The molecule has 0 aliphatic carbocycles. The number of hydrogen-bond donors (Lipinski definition) is 2. The highest BCUT2D eigenvalue weighted by molar-refractivity contribution is 6.30. The van der Waals surface area contributed by atoms with Gasteiger partial charge in [-0.2, -0.15) is 0 Å². The predicted molar refractivity (Wildman–Crippen MR) is 120 cm³/mol. The molecule has 2 amide bonds. The molecule has 2 N–H and O–H groups in total. The molecule has 30 heavy (non-hydrogen) atoms. The first kappa shape index (κ1) is 21.4. The van der Waals surface area contributed by atoms with Crippen molar-refractivity contribution in [2.45, 2.75) is 26.4 Å². The van der Waals surface area contributed by atoms with Gasteiger partial charge in [-0.25, -0.2) is 0 Å². The number of amides is 2. The summed E-state index contributed by atoms with van der Waals surface area (Å²) < 4.78 is 5.69. The Morgan fingerprint density at radius 3 is 2.27 bits per heavy atom. The molecule has 6 heteroatoms. The third kappa shape index (κ3) is 5.61. The fourth-order valence-corrected chi connectivity index (χ4v) is 2.99. The van der Waals surface area contributed by atoms with E-state index in [4.69, 9.17) is 16.3 Å². The number of nitrogens with one attached hydrogen (secondary N) is 2. The number of hydrogen-bond acceptors (Lipinski definition) is 3. The van der Waals surface area contributed by atoms with Crippen molar-refractivity contribution >= 4 is 34.8 Å². The van der Waals surface area contributed by atoms with E-state index in [2.05, 4.69) is 10.6 Å². The Labute approximate surface area is 181 Å². The molecule has 0 aromatic heterocycles. The number of aryl methyl sites for hydroxylation is 1. The third-order valence-corrected chi connectivity index (χ3v) is 4.81. The van der Waals surface area contributed by atoms with Crippen molar-refractivity contribution in [2.24, 2.45) is 0 Å². The predicted octanol–water partition coefficient (Wildman–Crippen LogP) is 5.56. The molecular weight excluding hydrogens is 400 g/mol. The van der Waals surface area contributed by atoms with Gasteiger partial charge in [0.25, 0.3) is 11.8 Å². The van der Waals surface area contributed by atoms with Gasteiger partial charge in [-0.1, -0.05) is 36.7 Å². The van der Waals surface area contributed by atoms with Gasteiger partial charge < -0.3 is 15.4 Å². The minimum absolute atomic E-state index is 0.198. The van der Waals surface area contributed by atoms with Crippen LogP contribution in [-0.2, 0) is 11.2 Å². The van der Waals surface area contributed by atoms with Gasteiger partial charge in [-0.05, 0) is 73.5 Å². The SMILES string of the molecule is CCc1ccccc1NC(=O)c1ccc(O[C@H](C)C(=O)Nc2ccc(Cl)cc2)cc1. The molecule has 0 unspecified atom stereocenters. The number of carbonyl (C=O) groups excluding carboxylic acids is 2. The minimum Gasteiger partial charge on any atom is -0.481 e. The van der Waals surface area contributed by atoms with Crippen molar-refractivity contribution in [3.8, 4) is 5.75 Å². The number of halogens is 1. The number of carbonyl (C=O) groups is 2. The number of para-hydroxylation sites is 1. The van der Waals surface area contributed by atoms with Crippen LogP contribution in [0, 0.1) is 0 Å². The van der Waals surface area contributed by atoms with E-state index in [1.54, 1.807) is 55.5 Å². The molecule has 0 saturated heterocycles. The van der Waals surface area contributed by atoms with Gasteiger partial charge in [0.2, 0.25) is 0 Å². The second-order valence-corrected chi connectivity index (χ2v) is 7.18. The van der Waals surface area contributed by atoms with Crippen molar-refractivity contribution in [2.75, 3.05) is 10.6 Å². The van der Waals surface area contributed by atoms with Crippen molar-refractivity contribution < 1.29 is 14.3 Å². The van der Waals surface area contributed by atoms with Crippen LogP contribution in [0.3, 0.4) is 0 Å². The molecule has 3 rings (SSSR count). The fraction of sp³-hybridized carbons (Fsp3) is 0.167. The lowest BCUT2D eigenvalue weighted by Crippen LogP contribution is -2.30. The van der Waals surface area contributed by atoms with E-state index < -0.39 is 6.10 Å². The Kier molecular flexibility index (Phi) is 7.09. The summed E-state index contributed by atoms with van der Waals surface area (Å²) in [5, 5.41) is 6.30. The van der Waals surface area contributed by atoms with Gasteiger partial charge in [0, 0.05) is 22.0 Å². The normalized spacial score (nSPS) is 11.4. The number of anilines is 2. The summed E-state index contributed by atoms with van der Waals surface area (Å²) in [4.78, 5) is 24.8. The van der Waals surface area contributed by atoms with Crippen molar-refractivity contribution in [3.63, 3.8) is 0 Å². The zero-order chi connectivity index (χ0) is 21.5. The van der Waals surface area contributed by atoms with Crippen LogP contribution in [0.25, 0.3) is 0 Å². The Hall–Kier alpha value is -3.31. The molecular formula is C24H23ClN2O3. The lowest BCUT2D eigenvalue weighted by Gasteiger charge is -2.15. The molecule has 0 spiro atoms. The zero-order valence-corrected chi connectivity index (χ0v) is 17.6. The largest absolute Gasteiger partial charge is 0.481 e. The lowest BCUT2D eigenvalue weighted by atomic mass is 10.1. The standard InChI is InChI=1S/C24H23ClN2O3/c1-3-17-6-4-5-7-22(17)27-24(29)18-8-14-21(15-9-18)30-16(2)23(28)26-20-12-10-19(25)11-13-20/h4-16H,3H2,1-2H3,(H,26,28)(H,27,29)/t16-/m1/s1. The smallest absolute Gasteiger partial charge is 0.265 e. The summed E-state index contributed by atoms with van der Waals surface area (Å²) in [5.74, 6) is 0.0190. The van der Waals surface area contributed by atoms with Crippen molar-refractivity contribution in [3.05, 3.63) is 88.9 Å². The second kappa shape index (κ2) is 9.94. The van der Waals surface area contributed by atoms with Gasteiger partial charge >= 0.3 is 0 Å². The summed E-state index contributed by atoms with van der Waals surface area (Å²) in [7, 11) is 0. The van der Waals surface area contributed by atoms with E-state index in [0.29, 0.717) is 22.0 Å². The molecule has 0 fully saturated rings. The Balaban J connectivity index is 1.58. The van der Waals surface area contributed by atoms with Crippen molar-refractivity contribution in [1.29, 1.82) is 0 Å². The van der Waals surface area contributed by atoms with Gasteiger partial charge in [-0.3, -0.25) is 9.59 Å². The highest BCUT2D eigenvalue weighted by Crippen LogP contribution is 2.19. The van der Waals surface area contributed by atoms with E-state index in [1.165, 1.54) is 0 Å². The van der Waals surface area contributed by atoms with Crippen molar-refractivity contribution in [1.82, 2.24) is 0 Å². The number of ether oxygens (including phenoxy) is 1. The lowest BCUT2D eigenvalue weighted by molar-refractivity contribution is -0.122. The van der Waals surface area contributed by atoms with E-state index in [-0.39, 0.29) is 11.8 Å². The summed E-state index contributed by atoms with van der Waals surface area (Å²) in [5.41, 5.74) is 3.02. The van der Waals surface area contributed by atoms with Gasteiger partial charge in [0.1, 0.15) is 5.75 Å². The highest BCUT2D eigenvalue weighted by Gasteiger charge is 2.15. The van der Waals surface area contributed by atoms with Gasteiger partial charge in [0.15, 0.2) is 6.10 Å². The maximum absolute atomic E-state index is 12.5. The molecule has 1 atom stereocenters. The Bertz CT molecular complexity index is 1020. The van der Waals surface area contributed by atoms with Crippen LogP contribution < -0.4 is 15.4 Å². The van der Waals surface area contributed by atoms with Gasteiger partial charge in [0.05, 0.1) is 0 Å². The van der Waals surface area contributed by atoms with E-state index >= 15 is 0 Å².